The molecule has 0 aliphatic carbocycles. The molecule has 0 bridgehead atoms. The second-order valence-corrected chi connectivity index (χ2v) is 3.50. The molecule has 0 fully saturated rings. The molecular weight excluding hydrogens is 202 g/mol. The largest absolute Gasteiger partial charge is 0.472 e. The van der Waals surface area contributed by atoms with Gasteiger partial charge in [0, 0.05) is 31.0 Å². The normalized spacial score (nSPS) is 9.75. The third-order valence-electron chi connectivity index (χ3n) is 2.30. The topological polar surface area (TPSA) is 53.1 Å². The van der Waals surface area contributed by atoms with E-state index in [4.69, 9.17) is 9.68 Å². The molecular formula is C12H11N3O. The van der Waals surface area contributed by atoms with Crippen LogP contribution in [0.25, 0.3) is 0 Å². The van der Waals surface area contributed by atoms with Crippen molar-refractivity contribution in [1.82, 2.24) is 4.98 Å². The van der Waals surface area contributed by atoms with Gasteiger partial charge in [-0.3, -0.25) is 0 Å². The number of furan rings is 1. The smallest absolute Gasteiger partial charge is 0.142 e. The molecule has 2 rings (SSSR count). The first-order chi connectivity index (χ1) is 7.79. The molecule has 0 atom stereocenters. The van der Waals surface area contributed by atoms with Crippen molar-refractivity contribution in [3.63, 3.8) is 0 Å². The van der Waals surface area contributed by atoms with Crippen molar-refractivity contribution in [1.29, 1.82) is 5.26 Å². The van der Waals surface area contributed by atoms with Crippen LogP contribution >= 0.6 is 0 Å². The number of nitriles is 1. The molecule has 0 N–H and O–H groups in total. The fraction of sp³-hybridized carbons (Fsp3) is 0.167. The average molecular weight is 213 g/mol. The average Bonchev–Trinajstić information content (AvgIpc) is 2.82. The van der Waals surface area contributed by atoms with E-state index in [1.54, 1.807) is 24.8 Å². The highest BCUT2D eigenvalue weighted by Crippen LogP contribution is 2.15. The van der Waals surface area contributed by atoms with E-state index in [-0.39, 0.29) is 0 Å². The highest BCUT2D eigenvalue weighted by molar-refractivity contribution is 5.48. The molecule has 16 heavy (non-hydrogen) atoms. The van der Waals surface area contributed by atoms with E-state index in [0.29, 0.717) is 5.69 Å². The molecule has 0 saturated carbocycles. The van der Waals surface area contributed by atoms with Crippen LogP contribution < -0.4 is 4.90 Å². The van der Waals surface area contributed by atoms with Crippen LogP contribution in [0.4, 0.5) is 5.69 Å². The van der Waals surface area contributed by atoms with Crippen LogP contribution in [0.1, 0.15) is 11.3 Å². The number of rotatable bonds is 3. The molecule has 0 aromatic carbocycles. The molecule has 4 nitrogen and oxygen atoms in total. The second-order valence-electron chi connectivity index (χ2n) is 3.50. The standard InChI is InChI=1S/C12H11N3O/c1-15(8-10-3-5-16-9-10)12-2-4-14-11(6-12)7-13/h2-6,9H,8H2,1H3. The van der Waals surface area contributed by atoms with Gasteiger partial charge in [-0.05, 0) is 18.2 Å². The Labute approximate surface area is 93.7 Å². The summed E-state index contributed by atoms with van der Waals surface area (Å²) in [5.74, 6) is 0. The number of aromatic nitrogens is 1. The quantitative estimate of drug-likeness (QED) is 0.784. The summed E-state index contributed by atoms with van der Waals surface area (Å²) in [5, 5.41) is 8.75. The summed E-state index contributed by atoms with van der Waals surface area (Å²) in [6.45, 7) is 0.741. The lowest BCUT2D eigenvalue weighted by molar-refractivity contribution is 0.563. The van der Waals surface area contributed by atoms with Crippen molar-refractivity contribution in [3.8, 4) is 6.07 Å². The summed E-state index contributed by atoms with van der Waals surface area (Å²) in [5.41, 5.74) is 2.49. The Kier molecular flexibility index (Phi) is 2.88. The Morgan fingerprint density at radius 1 is 1.50 bits per heavy atom. The van der Waals surface area contributed by atoms with Crippen LogP contribution in [0, 0.1) is 11.3 Å². The molecule has 0 unspecified atom stereocenters. The van der Waals surface area contributed by atoms with Crippen molar-refractivity contribution >= 4 is 5.69 Å². The van der Waals surface area contributed by atoms with Gasteiger partial charge in [0.15, 0.2) is 0 Å². The zero-order valence-electron chi connectivity index (χ0n) is 8.92. The van der Waals surface area contributed by atoms with Gasteiger partial charge in [0.2, 0.25) is 0 Å². The highest BCUT2D eigenvalue weighted by atomic mass is 16.3. The van der Waals surface area contributed by atoms with Crippen LogP contribution in [-0.2, 0) is 6.54 Å². The Hall–Kier alpha value is -2.28. The summed E-state index contributed by atoms with van der Waals surface area (Å²) in [6.07, 6.45) is 5.00. The fourth-order valence-corrected chi connectivity index (χ4v) is 1.47. The van der Waals surface area contributed by atoms with E-state index in [9.17, 15) is 0 Å². The van der Waals surface area contributed by atoms with E-state index < -0.39 is 0 Å². The number of nitrogens with zero attached hydrogens (tertiary/aromatic N) is 3. The number of hydrogen-bond acceptors (Lipinski definition) is 4. The summed E-state index contributed by atoms with van der Waals surface area (Å²) in [6, 6.07) is 7.58. The zero-order valence-corrected chi connectivity index (χ0v) is 8.92. The van der Waals surface area contributed by atoms with Gasteiger partial charge >= 0.3 is 0 Å². The van der Waals surface area contributed by atoms with Crippen LogP contribution in [0.15, 0.2) is 41.3 Å². The van der Waals surface area contributed by atoms with E-state index in [1.165, 1.54) is 0 Å². The number of anilines is 1. The van der Waals surface area contributed by atoms with E-state index in [1.807, 2.05) is 30.1 Å². The van der Waals surface area contributed by atoms with Gasteiger partial charge in [0.05, 0.1) is 12.5 Å². The fourth-order valence-electron chi connectivity index (χ4n) is 1.47. The van der Waals surface area contributed by atoms with Gasteiger partial charge in [0.25, 0.3) is 0 Å². The Balaban J connectivity index is 2.15. The minimum atomic E-state index is 0.427. The first kappa shape index (κ1) is 10.2. The Bertz CT molecular complexity index is 499. The number of pyridine rings is 1. The number of hydrogen-bond donors (Lipinski definition) is 0. The lowest BCUT2D eigenvalue weighted by Crippen LogP contribution is -2.16. The Morgan fingerprint density at radius 3 is 3.06 bits per heavy atom. The zero-order chi connectivity index (χ0) is 11.4. The maximum absolute atomic E-state index is 8.75. The summed E-state index contributed by atoms with van der Waals surface area (Å²) in [7, 11) is 1.96. The van der Waals surface area contributed by atoms with Crippen LogP contribution in [0.5, 0.6) is 0 Å². The van der Waals surface area contributed by atoms with Gasteiger partial charge < -0.3 is 9.32 Å². The highest BCUT2D eigenvalue weighted by Gasteiger charge is 2.04. The molecule has 2 aromatic heterocycles. The molecule has 0 amide bonds. The molecule has 0 radical (unpaired) electrons. The maximum atomic E-state index is 8.75. The van der Waals surface area contributed by atoms with Crippen molar-refractivity contribution < 1.29 is 4.42 Å². The van der Waals surface area contributed by atoms with Crippen LogP contribution in [0.2, 0.25) is 0 Å². The Morgan fingerprint density at radius 2 is 2.38 bits per heavy atom. The molecule has 80 valence electrons. The van der Waals surface area contributed by atoms with Crippen molar-refractivity contribution in [2.24, 2.45) is 0 Å². The predicted octanol–water partition coefficient (Wildman–Crippen LogP) is 2.18. The van der Waals surface area contributed by atoms with Gasteiger partial charge in [-0.2, -0.15) is 5.26 Å². The van der Waals surface area contributed by atoms with Gasteiger partial charge in [-0.25, -0.2) is 4.98 Å². The minimum absolute atomic E-state index is 0.427. The third kappa shape index (κ3) is 2.20. The molecule has 0 spiro atoms. The first-order valence-corrected chi connectivity index (χ1v) is 4.88. The molecule has 2 heterocycles. The van der Waals surface area contributed by atoms with Crippen LogP contribution in [-0.4, -0.2) is 12.0 Å². The predicted molar refractivity (Wildman–Crippen MR) is 59.8 cm³/mol. The SMILES string of the molecule is CN(Cc1ccoc1)c1ccnc(C#N)c1. The van der Waals surface area contributed by atoms with E-state index in [0.717, 1.165) is 17.8 Å². The second kappa shape index (κ2) is 4.49. The van der Waals surface area contributed by atoms with Crippen molar-refractivity contribution in [3.05, 3.63) is 48.2 Å². The summed E-state index contributed by atoms with van der Waals surface area (Å²) in [4.78, 5) is 5.97. The van der Waals surface area contributed by atoms with Gasteiger partial charge in [-0.15, -0.1) is 0 Å². The first-order valence-electron chi connectivity index (χ1n) is 4.88. The van der Waals surface area contributed by atoms with E-state index in [2.05, 4.69) is 4.98 Å². The van der Waals surface area contributed by atoms with Crippen molar-refractivity contribution in [2.45, 2.75) is 6.54 Å². The molecule has 0 saturated heterocycles. The maximum Gasteiger partial charge on any atom is 0.142 e. The lowest BCUT2D eigenvalue weighted by Gasteiger charge is -2.18. The summed E-state index contributed by atoms with van der Waals surface area (Å²) >= 11 is 0. The third-order valence-corrected chi connectivity index (χ3v) is 2.30. The molecule has 4 heteroatoms. The summed E-state index contributed by atoms with van der Waals surface area (Å²) < 4.78 is 5.00. The van der Waals surface area contributed by atoms with Crippen molar-refractivity contribution in [2.75, 3.05) is 11.9 Å². The molecule has 2 aromatic rings. The monoisotopic (exact) mass is 213 g/mol. The van der Waals surface area contributed by atoms with Crippen LogP contribution in [0.3, 0.4) is 0 Å². The molecule has 0 aliphatic rings. The lowest BCUT2D eigenvalue weighted by atomic mass is 10.2. The minimum Gasteiger partial charge on any atom is -0.472 e. The van der Waals surface area contributed by atoms with E-state index >= 15 is 0 Å². The molecule has 0 aliphatic heterocycles. The van der Waals surface area contributed by atoms with Gasteiger partial charge in [0.1, 0.15) is 11.8 Å². The van der Waals surface area contributed by atoms with Gasteiger partial charge in [-0.1, -0.05) is 0 Å².